The summed E-state index contributed by atoms with van der Waals surface area (Å²) in [5.41, 5.74) is 5.01. The summed E-state index contributed by atoms with van der Waals surface area (Å²) in [6.07, 6.45) is 10.2. The SMILES string of the molecule is C/C=C/c1cc(F)cc(N(C)Cc2ccc(-c3ccc(N(C)CC)cc3)cc2F)c1.COC=O.O=CC1CC2CCC1C2. The number of aldehydes is 1. The van der Waals surface area contributed by atoms with Crippen LogP contribution in [-0.4, -0.2) is 40.5 Å². The molecule has 0 N–H and O–H groups in total. The summed E-state index contributed by atoms with van der Waals surface area (Å²) >= 11 is 0. The van der Waals surface area contributed by atoms with Crippen LogP contribution in [0, 0.1) is 29.4 Å². The maximum Gasteiger partial charge on any atom is 0.292 e. The molecule has 0 amide bonds. The van der Waals surface area contributed by atoms with E-state index in [0.29, 0.717) is 30.2 Å². The van der Waals surface area contributed by atoms with Crippen LogP contribution < -0.4 is 9.80 Å². The third-order valence-electron chi connectivity index (χ3n) is 8.34. The van der Waals surface area contributed by atoms with Gasteiger partial charge in [0.1, 0.15) is 17.9 Å². The quantitative estimate of drug-likeness (QED) is 0.235. The first-order chi connectivity index (χ1) is 20.7. The van der Waals surface area contributed by atoms with Crippen molar-refractivity contribution in [3.8, 4) is 11.1 Å². The minimum atomic E-state index is -0.305. The van der Waals surface area contributed by atoms with Gasteiger partial charge < -0.3 is 19.3 Å². The van der Waals surface area contributed by atoms with Gasteiger partial charge in [-0.05, 0) is 98.0 Å². The summed E-state index contributed by atoms with van der Waals surface area (Å²) in [5.74, 6) is 1.58. The molecular formula is C36H44F2N2O3. The van der Waals surface area contributed by atoms with Crippen LogP contribution in [0.15, 0.2) is 66.7 Å². The maximum atomic E-state index is 14.8. The molecule has 3 atom stereocenters. The van der Waals surface area contributed by atoms with Crippen LogP contribution >= 0.6 is 0 Å². The minimum Gasteiger partial charge on any atom is -0.471 e. The largest absolute Gasteiger partial charge is 0.471 e. The fourth-order valence-electron chi connectivity index (χ4n) is 5.86. The topological polar surface area (TPSA) is 49.9 Å². The lowest BCUT2D eigenvalue weighted by Crippen LogP contribution is -2.17. The van der Waals surface area contributed by atoms with Crippen molar-refractivity contribution in [2.75, 3.05) is 37.5 Å². The summed E-state index contributed by atoms with van der Waals surface area (Å²) in [6, 6.07) is 18.3. The number of allylic oxidation sites excluding steroid dienone is 1. The Morgan fingerprint density at radius 2 is 1.58 bits per heavy atom. The highest BCUT2D eigenvalue weighted by Crippen LogP contribution is 2.47. The van der Waals surface area contributed by atoms with Crippen LogP contribution in [0.3, 0.4) is 0 Å². The highest BCUT2D eigenvalue weighted by atomic mass is 19.1. The van der Waals surface area contributed by atoms with Gasteiger partial charge in [-0.1, -0.05) is 42.8 Å². The Labute approximate surface area is 255 Å². The third kappa shape index (κ3) is 9.50. The molecule has 0 radical (unpaired) electrons. The molecule has 2 saturated carbocycles. The van der Waals surface area contributed by atoms with E-state index in [9.17, 15) is 13.6 Å². The number of hydrogen-bond donors (Lipinski definition) is 0. The van der Waals surface area contributed by atoms with Crippen molar-refractivity contribution >= 4 is 30.2 Å². The number of carbonyl (C=O) groups excluding carboxylic acids is 2. The van der Waals surface area contributed by atoms with Gasteiger partial charge in [0.15, 0.2) is 0 Å². The first-order valence-electron chi connectivity index (χ1n) is 14.9. The normalized spacial score (nSPS) is 18.3. The van der Waals surface area contributed by atoms with Crippen molar-refractivity contribution in [3.63, 3.8) is 0 Å². The molecule has 0 saturated heterocycles. The molecule has 3 aromatic rings. The van der Waals surface area contributed by atoms with Gasteiger partial charge >= 0.3 is 0 Å². The number of methoxy groups -OCH3 is 1. The number of anilines is 2. The number of halogens is 2. The minimum absolute atomic E-state index is 0.265. The van der Waals surface area contributed by atoms with Gasteiger partial charge in [-0.15, -0.1) is 0 Å². The lowest BCUT2D eigenvalue weighted by molar-refractivity contribution is -0.126. The summed E-state index contributed by atoms with van der Waals surface area (Å²) < 4.78 is 32.6. The number of nitrogens with zero attached hydrogens (tertiary/aromatic N) is 2. The van der Waals surface area contributed by atoms with Crippen molar-refractivity contribution in [1.29, 1.82) is 0 Å². The van der Waals surface area contributed by atoms with Crippen molar-refractivity contribution in [1.82, 2.24) is 0 Å². The molecule has 5 nitrogen and oxygen atoms in total. The van der Waals surface area contributed by atoms with Crippen molar-refractivity contribution in [3.05, 3.63) is 89.5 Å². The molecule has 5 rings (SSSR count). The average molecular weight is 591 g/mol. The molecule has 0 heterocycles. The number of benzene rings is 3. The molecule has 2 fully saturated rings. The first kappa shape index (κ1) is 33.5. The van der Waals surface area contributed by atoms with Crippen LogP contribution in [-0.2, 0) is 20.9 Å². The molecule has 0 aromatic heterocycles. The average Bonchev–Trinajstić information content (AvgIpc) is 3.66. The number of fused-ring (bicyclic) bond motifs is 2. The number of rotatable bonds is 9. The van der Waals surface area contributed by atoms with Crippen molar-refractivity contribution in [2.45, 2.75) is 46.1 Å². The smallest absolute Gasteiger partial charge is 0.292 e. The predicted molar refractivity (Wildman–Crippen MR) is 172 cm³/mol. The van der Waals surface area contributed by atoms with Gasteiger partial charge in [0.05, 0.1) is 7.11 Å². The maximum absolute atomic E-state index is 14.8. The van der Waals surface area contributed by atoms with E-state index in [1.807, 2.05) is 74.5 Å². The van der Waals surface area contributed by atoms with E-state index in [1.54, 1.807) is 12.1 Å². The van der Waals surface area contributed by atoms with Gasteiger partial charge in [-0.25, -0.2) is 8.78 Å². The molecule has 2 aliphatic rings. The Balaban J connectivity index is 0.000000319. The number of carbonyl (C=O) groups is 2. The second-order valence-corrected chi connectivity index (χ2v) is 11.3. The van der Waals surface area contributed by atoms with Crippen molar-refractivity contribution in [2.24, 2.45) is 17.8 Å². The van der Waals surface area contributed by atoms with Gasteiger partial charge in [-0.3, -0.25) is 4.79 Å². The zero-order valence-electron chi connectivity index (χ0n) is 25.9. The summed E-state index contributed by atoms with van der Waals surface area (Å²) in [7, 11) is 5.19. The van der Waals surface area contributed by atoms with E-state index in [0.717, 1.165) is 40.8 Å². The molecule has 3 aromatic carbocycles. The standard InChI is InChI=1S/C26H28F2N2.C8H12O.C2H4O2/c1-5-7-19-14-23(27)17-25(15-19)30(4)18-22-9-8-21(16-26(22)28)20-10-12-24(13-11-20)29(3)6-2;9-5-8-4-6-1-2-7(8)3-6;1-4-2-3/h5,7-17H,6,18H2,1-4H3;5-8H,1-4H2;2H,1H3/b7-5+;;. The first-order valence-corrected chi connectivity index (χ1v) is 14.9. The van der Waals surface area contributed by atoms with Gasteiger partial charge in [0, 0.05) is 50.0 Å². The highest BCUT2D eigenvalue weighted by molar-refractivity contribution is 5.67. The fourth-order valence-corrected chi connectivity index (χ4v) is 5.86. The van der Waals surface area contributed by atoms with Crippen molar-refractivity contribution < 1.29 is 23.1 Å². The second kappa shape index (κ2) is 16.6. The van der Waals surface area contributed by atoms with Crippen LogP contribution in [0.25, 0.3) is 17.2 Å². The third-order valence-corrected chi connectivity index (χ3v) is 8.34. The van der Waals surface area contributed by atoms with E-state index in [1.165, 1.54) is 51.2 Å². The molecule has 0 aliphatic heterocycles. The van der Waals surface area contributed by atoms with Crippen LogP contribution in [0.4, 0.5) is 20.2 Å². The molecule has 2 aliphatic carbocycles. The lowest BCUT2D eigenvalue weighted by atomic mass is 9.90. The Morgan fingerprint density at radius 1 is 0.884 bits per heavy atom. The lowest BCUT2D eigenvalue weighted by Gasteiger charge is -2.21. The number of hydrogen-bond acceptors (Lipinski definition) is 5. The summed E-state index contributed by atoms with van der Waals surface area (Å²) in [6.45, 7) is 5.65. The molecule has 0 spiro atoms. The Hall–Kier alpha value is -4.00. The summed E-state index contributed by atoms with van der Waals surface area (Å²) in [4.78, 5) is 23.3. The molecule has 7 heteroatoms. The predicted octanol–water partition coefficient (Wildman–Crippen LogP) is 8.17. The molecule has 3 unspecified atom stereocenters. The Kier molecular flexibility index (Phi) is 12.9. The van der Waals surface area contributed by atoms with Gasteiger partial charge in [0.2, 0.25) is 0 Å². The second-order valence-electron chi connectivity index (χ2n) is 11.3. The Bertz CT molecular complexity index is 1360. The van der Waals surface area contributed by atoms with Crippen LogP contribution in [0.5, 0.6) is 0 Å². The Morgan fingerprint density at radius 3 is 2.09 bits per heavy atom. The zero-order valence-corrected chi connectivity index (χ0v) is 25.9. The van der Waals surface area contributed by atoms with E-state index in [-0.39, 0.29) is 11.6 Å². The summed E-state index contributed by atoms with van der Waals surface area (Å²) in [5, 5.41) is 0. The molecule has 230 valence electrons. The molecular weight excluding hydrogens is 546 g/mol. The van der Waals surface area contributed by atoms with E-state index in [4.69, 9.17) is 4.79 Å². The highest BCUT2D eigenvalue weighted by Gasteiger charge is 2.38. The van der Waals surface area contributed by atoms with Gasteiger partial charge in [0.25, 0.3) is 6.47 Å². The fraction of sp³-hybridized carbons (Fsp3) is 0.389. The molecule has 43 heavy (non-hydrogen) atoms. The number of ether oxygens (including phenoxy) is 1. The van der Waals surface area contributed by atoms with E-state index >= 15 is 0 Å². The van der Waals surface area contributed by atoms with Gasteiger partial charge in [-0.2, -0.15) is 0 Å². The monoisotopic (exact) mass is 590 g/mol. The van der Waals surface area contributed by atoms with Crippen LogP contribution in [0.2, 0.25) is 0 Å². The zero-order chi connectivity index (χ0) is 31.4. The molecule has 2 bridgehead atoms. The van der Waals surface area contributed by atoms with E-state index < -0.39 is 0 Å². The van der Waals surface area contributed by atoms with E-state index in [2.05, 4.69) is 16.6 Å². The van der Waals surface area contributed by atoms with Crippen LogP contribution in [0.1, 0.15) is 50.7 Å².